The van der Waals surface area contributed by atoms with Crippen LogP contribution in [0.4, 0.5) is 5.69 Å². The molecule has 1 aliphatic heterocycles. The average Bonchev–Trinajstić information content (AvgIpc) is 3.44. The molecule has 10 heteroatoms. The number of rotatable bonds is 7. The van der Waals surface area contributed by atoms with Crippen LogP contribution in [0.5, 0.6) is 0 Å². The second-order valence-electron chi connectivity index (χ2n) is 8.41. The molecule has 1 atom stereocenters. The molecule has 0 aliphatic carbocycles. The van der Waals surface area contributed by atoms with Crippen LogP contribution in [0.1, 0.15) is 45.0 Å². The van der Waals surface area contributed by atoms with E-state index in [0.29, 0.717) is 42.3 Å². The zero-order valence-electron chi connectivity index (χ0n) is 18.4. The van der Waals surface area contributed by atoms with Crippen molar-refractivity contribution in [3.05, 3.63) is 59.4 Å². The number of sulfonamides is 1. The molecule has 0 bridgehead atoms. The minimum Gasteiger partial charge on any atom is -0.337 e. The first kappa shape index (κ1) is 23.4. The molecule has 1 aliphatic rings. The Morgan fingerprint density at radius 2 is 1.88 bits per heavy atom. The van der Waals surface area contributed by atoms with Crippen LogP contribution in [0, 0.1) is 5.92 Å². The van der Waals surface area contributed by atoms with Crippen LogP contribution in [-0.2, 0) is 14.8 Å². The first-order valence-electron chi connectivity index (χ1n) is 10.8. The molecule has 1 saturated heterocycles. The summed E-state index contributed by atoms with van der Waals surface area (Å²) in [6.45, 7) is 4.28. The number of halogens is 1. The Kier molecular flexibility index (Phi) is 6.83. The Morgan fingerprint density at radius 1 is 1.18 bits per heavy atom. The summed E-state index contributed by atoms with van der Waals surface area (Å²) < 4.78 is 33.5. The van der Waals surface area contributed by atoms with Gasteiger partial charge in [0.25, 0.3) is 0 Å². The minimum atomic E-state index is -3.79. The van der Waals surface area contributed by atoms with Gasteiger partial charge in [-0.15, -0.1) is 0 Å². The van der Waals surface area contributed by atoms with Gasteiger partial charge in [-0.05, 0) is 67.3 Å². The zero-order chi connectivity index (χ0) is 23.6. The molecule has 3 aromatic rings. The van der Waals surface area contributed by atoms with E-state index in [1.165, 1.54) is 16.4 Å². The molecule has 1 N–H and O–H groups in total. The number of aromatic nitrogens is 2. The van der Waals surface area contributed by atoms with Gasteiger partial charge in [-0.2, -0.15) is 9.29 Å². The summed E-state index contributed by atoms with van der Waals surface area (Å²) in [6, 6.07) is 12.7. The largest absolute Gasteiger partial charge is 0.337 e. The van der Waals surface area contributed by atoms with Crippen molar-refractivity contribution in [1.29, 1.82) is 0 Å². The third-order valence-corrected chi connectivity index (χ3v) is 7.55. The summed E-state index contributed by atoms with van der Waals surface area (Å²) in [4.78, 5) is 16.6. The van der Waals surface area contributed by atoms with Gasteiger partial charge in [0, 0.05) is 29.2 Å². The second-order valence-corrected chi connectivity index (χ2v) is 10.7. The van der Waals surface area contributed by atoms with Gasteiger partial charge in [0.2, 0.25) is 27.6 Å². The monoisotopic (exact) mass is 488 g/mol. The van der Waals surface area contributed by atoms with Crippen LogP contribution in [0.25, 0.3) is 11.4 Å². The maximum atomic E-state index is 13.3. The third kappa shape index (κ3) is 5.26. The Hall–Kier alpha value is -2.75. The van der Waals surface area contributed by atoms with E-state index in [0.717, 1.165) is 5.56 Å². The smallest absolute Gasteiger partial charge is 0.245 e. The highest BCUT2D eigenvalue weighted by Crippen LogP contribution is 2.36. The molecule has 1 amide bonds. The lowest BCUT2D eigenvalue weighted by atomic mass is 10.1. The third-order valence-electron chi connectivity index (χ3n) is 5.37. The van der Waals surface area contributed by atoms with Gasteiger partial charge in [0.05, 0.1) is 4.90 Å². The molecule has 1 aromatic heterocycles. The lowest BCUT2D eigenvalue weighted by molar-refractivity contribution is -0.116. The van der Waals surface area contributed by atoms with Crippen LogP contribution < -0.4 is 5.32 Å². The number of carbonyl (C=O) groups excluding carboxylic acids is 1. The Bertz CT molecular complexity index is 1220. The highest BCUT2D eigenvalue weighted by Gasteiger charge is 2.39. The van der Waals surface area contributed by atoms with Crippen molar-refractivity contribution < 1.29 is 17.7 Å². The van der Waals surface area contributed by atoms with Gasteiger partial charge in [0.1, 0.15) is 6.04 Å². The molecule has 4 rings (SSSR count). The van der Waals surface area contributed by atoms with Crippen LogP contribution >= 0.6 is 11.6 Å². The van der Waals surface area contributed by atoms with E-state index in [4.69, 9.17) is 16.1 Å². The maximum absolute atomic E-state index is 13.3. The molecule has 2 heterocycles. The molecule has 0 saturated carbocycles. The quantitative estimate of drug-likeness (QED) is 0.507. The molecular formula is C23H25ClN4O4S. The highest BCUT2D eigenvalue weighted by atomic mass is 35.5. The predicted molar refractivity (Wildman–Crippen MR) is 125 cm³/mol. The fraction of sp³-hybridized carbons (Fsp3) is 0.348. The van der Waals surface area contributed by atoms with E-state index >= 15 is 0 Å². The van der Waals surface area contributed by atoms with Gasteiger partial charge >= 0.3 is 0 Å². The summed E-state index contributed by atoms with van der Waals surface area (Å²) >= 11 is 5.93. The number of anilines is 1. The summed E-state index contributed by atoms with van der Waals surface area (Å²) in [7, 11) is -3.79. The molecule has 33 heavy (non-hydrogen) atoms. The van der Waals surface area contributed by atoms with E-state index in [2.05, 4.69) is 15.5 Å². The van der Waals surface area contributed by atoms with Crippen molar-refractivity contribution in [2.75, 3.05) is 11.9 Å². The number of amides is 1. The topological polar surface area (TPSA) is 105 Å². The summed E-state index contributed by atoms with van der Waals surface area (Å²) in [5.41, 5.74) is 1.29. The number of hydrogen-bond acceptors (Lipinski definition) is 6. The van der Waals surface area contributed by atoms with Gasteiger partial charge in [-0.3, -0.25) is 4.79 Å². The van der Waals surface area contributed by atoms with E-state index in [1.807, 2.05) is 13.8 Å². The number of hydrogen-bond donors (Lipinski definition) is 1. The number of nitrogens with one attached hydrogen (secondary N) is 1. The summed E-state index contributed by atoms with van der Waals surface area (Å²) in [5, 5.41) is 7.41. The van der Waals surface area contributed by atoms with Gasteiger partial charge in [-0.1, -0.05) is 30.6 Å². The second kappa shape index (κ2) is 9.62. The molecule has 1 unspecified atom stereocenters. The molecule has 0 spiro atoms. The molecule has 0 radical (unpaired) electrons. The van der Waals surface area contributed by atoms with E-state index < -0.39 is 16.1 Å². The Labute approximate surface area is 198 Å². The summed E-state index contributed by atoms with van der Waals surface area (Å²) in [6.07, 6.45) is 1.68. The fourth-order valence-electron chi connectivity index (χ4n) is 3.79. The summed E-state index contributed by atoms with van der Waals surface area (Å²) in [5.74, 6) is 0.778. The van der Waals surface area contributed by atoms with Crippen LogP contribution in [0.2, 0.25) is 5.02 Å². The van der Waals surface area contributed by atoms with E-state index in [9.17, 15) is 13.2 Å². The van der Waals surface area contributed by atoms with Crippen molar-refractivity contribution in [2.24, 2.45) is 5.92 Å². The van der Waals surface area contributed by atoms with E-state index in [-0.39, 0.29) is 22.6 Å². The molecule has 174 valence electrons. The highest BCUT2D eigenvalue weighted by molar-refractivity contribution is 7.89. The first-order valence-corrected chi connectivity index (χ1v) is 12.6. The standard InChI is InChI=1S/C23H25ClN4O4S/c1-15(2)14-21(29)25-18-9-11-19(12-10-18)33(30,31)28-13-3-4-20(28)23-26-22(27-32-23)16-5-7-17(24)8-6-16/h5-12,15,20H,3-4,13-14H2,1-2H3,(H,25,29). The average molecular weight is 489 g/mol. The van der Waals surface area contributed by atoms with Gasteiger partial charge in [-0.25, -0.2) is 8.42 Å². The number of benzene rings is 2. The van der Waals surface area contributed by atoms with Crippen LogP contribution in [0.15, 0.2) is 57.9 Å². The molecular weight excluding hydrogens is 464 g/mol. The van der Waals surface area contributed by atoms with Crippen molar-refractivity contribution in [1.82, 2.24) is 14.4 Å². The Morgan fingerprint density at radius 3 is 2.55 bits per heavy atom. The maximum Gasteiger partial charge on any atom is 0.245 e. The zero-order valence-corrected chi connectivity index (χ0v) is 19.9. The normalized spacial score (nSPS) is 16.9. The minimum absolute atomic E-state index is 0.104. The van der Waals surface area contributed by atoms with Crippen LogP contribution in [-0.4, -0.2) is 35.3 Å². The van der Waals surface area contributed by atoms with Crippen LogP contribution in [0.3, 0.4) is 0 Å². The fourth-order valence-corrected chi connectivity index (χ4v) is 5.57. The van der Waals surface area contributed by atoms with E-state index in [1.54, 1.807) is 36.4 Å². The lowest BCUT2D eigenvalue weighted by Crippen LogP contribution is -2.30. The van der Waals surface area contributed by atoms with Crippen molar-refractivity contribution in [2.45, 2.75) is 44.0 Å². The molecule has 8 nitrogen and oxygen atoms in total. The van der Waals surface area contributed by atoms with Gasteiger partial charge < -0.3 is 9.84 Å². The molecule has 1 fully saturated rings. The molecule has 2 aromatic carbocycles. The number of carbonyl (C=O) groups is 1. The van der Waals surface area contributed by atoms with Crippen molar-refractivity contribution in [3.63, 3.8) is 0 Å². The van der Waals surface area contributed by atoms with Gasteiger partial charge in [0.15, 0.2) is 0 Å². The van der Waals surface area contributed by atoms with Crippen molar-refractivity contribution >= 4 is 33.2 Å². The number of nitrogens with zero attached hydrogens (tertiary/aromatic N) is 3. The first-order chi connectivity index (χ1) is 15.7. The predicted octanol–water partition coefficient (Wildman–Crippen LogP) is 4.90. The lowest BCUT2D eigenvalue weighted by Gasteiger charge is -2.21. The SMILES string of the molecule is CC(C)CC(=O)Nc1ccc(S(=O)(=O)N2CCCC2c2nc(-c3ccc(Cl)cc3)no2)cc1. The van der Waals surface area contributed by atoms with Crippen molar-refractivity contribution in [3.8, 4) is 11.4 Å². The Balaban J connectivity index is 1.52.